The SMILES string of the molecule is CC(O)c1ccc(OCc2cscn2)cc1. The Kier molecular flexibility index (Phi) is 3.54. The third-order valence-electron chi connectivity index (χ3n) is 2.23. The van der Waals surface area contributed by atoms with Crippen LogP contribution in [0.4, 0.5) is 0 Å². The predicted molar refractivity (Wildman–Crippen MR) is 63.5 cm³/mol. The third kappa shape index (κ3) is 2.81. The van der Waals surface area contributed by atoms with Gasteiger partial charge in [-0.25, -0.2) is 4.98 Å². The molecule has 0 saturated carbocycles. The molecule has 0 radical (unpaired) electrons. The van der Waals surface area contributed by atoms with E-state index < -0.39 is 6.10 Å². The highest BCUT2D eigenvalue weighted by Crippen LogP contribution is 2.18. The van der Waals surface area contributed by atoms with Crippen molar-refractivity contribution in [3.8, 4) is 5.75 Å². The van der Waals surface area contributed by atoms with Crippen LogP contribution in [-0.2, 0) is 6.61 Å². The van der Waals surface area contributed by atoms with Crippen molar-refractivity contribution in [1.29, 1.82) is 0 Å². The summed E-state index contributed by atoms with van der Waals surface area (Å²) < 4.78 is 5.55. The van der Waals surface area contributed by atoms with Gasteiger partial charge in [-0.1, -0.05) is 12.1 Å². The molecule has 0 aliphatic heterocycles. The van der Waals surface area contributed by atoms with Crippen LogP contribution in [0.2, 0.25) is 0 Å². The first-order valence-corrected chi connectivity index (χ1v) is 5.98. The number of aliphatic hydroxyl groups is 1. The minimum atomic E-state index is -0.437. The summed E-state index contributed by atoms with van der Waals surface area (Å²) in [6.07, 6.45) is -0.437. The van der Waals surface area contributed by atoms with Gasteiger partial charge in [-0.05, 0) is 24.6 Å². The predicted octanol–water partition coefficient (Wildman–Crippen LogP) is 2.78. The molecule has 3 nitrogen and oxygen atoms in total. The number of rotatable bonds is 4. The Morgan fingerprint density at radius 2 is 2.12 bits per heavy atom. The normalized spacial score (nSPS) is 12.4. The molecule has 4 heteroatoms. The highest BCUT2D eigenvalue weighted by Gasteiger charge is 2.01. The van der Waals surface area contributed by atoms with Crippen LogP contribution in [0.5, 0.6) is 5.75 Å². The van der Waals surface area contributed by atoms with E-state index in [-0.39, 0.29) is 0 Å². The number of benzene rings is 1. The summed E-state index contributed by atoms with van der Waals surface area (Å²) in [6, 6.07) is 7.44. The van der Waals surface area contributed by atoms with Crippen LogP contribution in [0, 0.1) is 0 Å². The molecule has 1 heterocycles. The van der Waals surface area contributed by atoms with Crippen LogP contribution in [0.3, 0.4) is 0 Å². The van der Waals surface area contributed by atoms with Crippen LogP contribution in [0.25, 0.3) is 0 Å². The number of aromatic nitrogens is 1. The maximum absolute atomic E-state index is 9.35. The molecule has 0 fully saturated rings. The van der Waals surface area contributed by atoms with Crippen molar-refractivity contribution in [3.05, 3.63) is 46.4 Å². The van der Waals surface area contributed by atoms with Gasteiger partial charge in [-0.3, -0.25) is 0 Å². The van der Waals surface area contributed by atoms with Gasteiger partial charge >= 0.3 is 0 Å². The van der Waals surface area contributed by atoms with E-state index in [0.717, 1.165) is 17.0 Å². The lowest BCUT2D eigenvalue weighted by molar-refractivity contribution is 0.199. The molecule has 16 heavy (non-hydrogen) atoms. The number of hydrogen-bond acceptors (Lipinski definition) is 4. The maximum atomic E-state index is 9.35. The van der Waals surface area contributed by atoms with E-state index in [1.807, 2.05) is 29.6 Å². The average molecular weight is 235 g/mol. The highest BCUT2D eigenvalue weighted by molar-refractivity contribution is 7.07. The first-order chi connectivity index (χ1) is 7.75. The van der Waals surface area contributed by atoms with E-state index in [2.05, 4.69) is 4.98 Å². The lowest BCUT2D eigenvalue weighted by atomic mass is 10.1. The van der Waals surface area contributed by atoms with Crippen LogP contribution >= 0.6 is 11.3 Å². The van der Waals surface area contributed by atoms with Crippen molar-refractivity contribution in [2.75, 3.05) is 0 Å². The fraction of sp³-hybridized carbons (Fsp3) is 0.250. The van der Waals surface area contributed by atoms with Gasteiger partial charge in [-0.2, -0.15) is 0 Å². The van der Waals surface area contributed by atoms with E-state index in [1.165, 1.54) is 0 Å². The van der Waals surface area contributed by atoms with Crippen molar-refractivity contribution in [1.82, 2.24) is 4.98 Å². The molecule has 0 saturated heterocycles. The molecular weight excluding hydrogens is 222 g/mol. The first-order valence-electron chi connectivity index (χ1n) is 5.03. The van der Waals surface area contributed by atoms with Gasteiger partial charge in [-0.15, -0.1) is 11.3 Å². The number of thiazole rings is 1. The average Bonchev–Trinajstić information content (AvgIpc) is 2.80. The Balaban J connectivity index is 1.95. The lowest BCUT2D eigenvalue weighted by Crippen LogP contribution is -1.96. The highest BCUT2D eigenvalue weighted by atomic mass is 32.1. The van der Waals surface area contributed by atoms with Gasteiger partial charge in [0.25, 0.3) is 0 Å². The summed E-state index contributed by atoms with van der Waals surface area (Å²) in [4.78, 5) is 4.13. The zero-order valence-electron chi connectivity index (χ0n) is 8.96. The summed E-state index contributed by atoms with van der Waals surface area (Å²) in [5.74, 6) is 0.789. The fourth-order valence-corrected chi connectivity index (χ4v) is 1.85. The molecule has 84 valence electrons. The maximum Gasteiger partial charge on any atom is 0.131 e. The lowest BCUT2D eigenvalue weighted by Gasteiger charge is -2.07. The quantitative estimate of drug-likeness (QED) is 0.886. The van der Waals surface area contributed by atoms with Gasteiger partial charge in [0.05, 0.1) is 17.3 Å². The van der Waals surface area contributed by atoms with Crippen LogP contribution < -0.4 is 4.74 Å². The van der Waals surface area contributed by atoms with Crippen molar-refractivity contribution in [2.24, 2.45) is 0 Å². The van der Waals surface area contributed by atoms with Crippen molar-refractivity contribution in [3.63, 3.8) is 0 Å². The van der Waals surface area contributed by atoms with E-state index in [0.29, 0.717) is 6.61 Å². The number of hydrogen-bond donors (Lipinski definition) is 1. The molecule has 0 spiro atoms. The smallest absolute Gasteiger partial charge is 0.131 e. The van der Waals surface area contributed by atoms with Gasteiger partial charge in [0.1, 0.15) is 12.4 Å². The zero-order chi connectivity index (χ0) is 11.4. The largest absolute Gasteiger partial charge is 0.487 e. The van der Waals surface area contributed by atoms with E-state index in [4.69, 9.17) is 4.74 Å². The number of nitrogens with zero attached hydrogens (tertiary/aromatic N) is 1. The van der Waals surface area contributed by atoms with Crippen LogP contribution in [0.15, 0.2) is 35.2 Å². The zero-order valence-corrected chi connectivity index (χ0v) is 9.78. The summed E-state index contributed by atoms with van der Waals surface area (Å²) in [6.45, 7) is 2.22. The third-order valence-corrected chi connectivity index (χ3v) is 2.87. The molecule has 1 N–H and O–H groups in total. The number of ether oxygens (including phenoxy) is 1. The topological polar surface area (TPSA) is 42.4 Å². The van der Waals surface area contributed by atoms with Crippen LogP contribution in [0.1, 0.15) is 24.3 Å². The van der Waals surface area contributed by atoms with E-state index >= 15 is 0 Å². The molecule has 0 bridgehead atoms. The summed E-state index contributed by atoms with van der Waals surface area (Å²) in [5.41, 5.74) is 3.61. The van der Waals surface area contributed by atoms with Gasteiger partial charge < -0.3 is 9.84 Å². The molecular formula is C12H13NO2S. The van der Waals surface area contributed by atoms with Crippen molar-refractivity contribution >= 4 is 11.3 Å². The van der Waals surface area contributed by atoms with Gasteiger partial charge in [0.15, 0.2) is 0 Å². The summed E-state index contributed by atoms with van der Waals surface area (Å²) in [5, 5.41) is 11.3. The standard InChI is InChI=1S/C12H13NO2S/c1-9(14)10-2-4-12(5-3-10)15-6-11-7-16-8-13-11/h2-5,7-9,14H,6H2,1H3. The monoisotopic (exact) mass is 235 g/mol. The second-order valence-corrected chi connectivity index (χ2v) is 4.23. The fourth-order valence-electron chi connectivity index (χ4n) is 1.31. The Bertz CT molecular complexity index is 423. The second-order valence-electron chi connectivity index (χ2n) is 3.51. The molecule has 1 aromatic heterocycles. The Morgan fingerprint density at radius 3 is 2.69 bits per heavy atom. The minimum Gasteiger partial charge on any atom is -0.487 e. The minimum absolute atomic E-state index is 0.437. The molecule has 1 aromatic carbocycles. The second kappa shape index (κ2) is 5.09. The van der Waals surface area contributed by atoms with Gasteiger partial charge in [0.2, 0.25) is 0 Å². The van der Waals surface area contributed by atoms with Gasteiger partial charge in [0, 0.05) is 5.38 Å². The summed E-state index contributed by atoms with van der Waals surface area (Å²) >= 11 is 1.56. The molecule has 0 aliphatic rings. The summed E-state index contributed by atoms with van der Waals surface area (Å²) in [7, 11) is 0. The molecule has 1 unspecified atom stereocenters. The van der Waals surface area contributed by atoms with Crippen LogP contribution in [-0.4, -0.2) is 10.1 Å². The first kappa shape index (κ1) is 11.1. The molecule has 1 atom stereocenters. The Hall–Kier alpha value is -1.39. The molecule has 2 rings (SSSR count). The number of aliphatic hydroxyl groups excluding tert-OH is 1. The van der Waals surface area contributed by atoms with Crippen molar-refractivity contribution in [2.45, 2.75) is 19.6 Å². The van der Waals surface area contributed by atoms with E-state index in [9.17, 15) is 5.11 Å². The van der Waals surface area contributed by atoms with Crippen molar-refractivity contribution < 1.29 is 9.84 Å². The molecule has 2 aromatic rings. The van der Waals surface area contributed by atoms with E-state index in [1.54, 1.807) is 23.8 Å². The Morgan fingerprint density at radius 1 is 1.38 bits per heavy atom. The molecule has 0 amide bonds. The Labute approximate surface area is 98.4 Å². The molecule has 0 aliphatic carbocycles.